The van der Waals surface area contributed by atoms with E-state index in [4.69, 9.17) is 4.74 Å². The van der Waals surface area contributed by atoms with Gasteiger partial charge in [-0.2, -0.15) is 0 Å². The molecular formula is C20H25FN4O2. The van der Waals surface area contributed by atoms with E-state index in [0.717, 1.165) is 37.8 Å². The lowest BCUT2D eigenvalue weighted by atomic mass is 10.2. The standard InChI is InChI=1S/C20H25FN4O2/c1-22-20(23-9-14-27-17-6-4-5-16(21)15-17)25-12-10-24(11-13-25)18-7-2-3-8-19(18)26/h2-8,15,26H,9-14H2,1H3,(H,22,23). The number of phenols is 1. The largest absolute Gasteiger partial charge is 0.506 e. The minimum atomic E-state index is -0.307. The van der Waals surface area contributed by atoms with Crippen molar-refractivity contribution in [1.29, 1.82) is 0 Å². The van der Waals surface area contributed by atoms with Crippen molar-refractivity contribution in [3.63, 3.8) is 0 Å². The van der Waals surface area contributed by atoms with E-state index in [9.17, 15) is 9.50 Å². The molecule has 27 heavy (non-hydrogen) atoms. The summed E-state index contributed by atoms with van der Waals surface area (Å²) in [5, 5.41) is 13.3. The quantitative estimate of drug-likeness (QED) is 0.479. The number of benzene rings is 2. The second-order valence-electron chi connectivity index (χ2n) is 6.24. The van der Waals surface area contributed by atoms with Crippen molar-refractivity contribution >= 4 is 11.6 Å². The van der Waals surface area contributed by atoms with Gasteiger partial charge in [-0.3, -0.25) is 4.99 Å². The van der Waals surface area contributed by atoms with Crippen LogP contribution < -0.4 is 15.0 Å². The summed E-state index contributed by atoms with van der Waals surface area (Å²) in [7, 11) is 1.76. The number of piperazine rings is 1. The summed E-state index contributed by atoms with van der Waals surface area (Å²) in [5.41, 5.74) is 0.864. The number of nitrogens with zero attached hydrogens (tertiary/aromatic N) is 3. The first-order valence-corrected chi connectivity index (χ1v) is 9.04. The number of halogens is 1. The Hall–Kier alpha value is -2.96. The number of phenolic OH excluding ortho intramolecular Hbond substituents is 1. The van der Waals surface area contributed by atoms with E-state index >= 15 is 0 Å². The summed E-state index contributed by atoms with van der Waals surface area (Å²) >= 11 is 0. The molecule has 0 saturated carbocycles. The van der Waals surface area contributed by atoms with Gasteiger partial charge in [0.1, 0.15) is 23.9 Å². The third-order valence-electron chi connectivity index (χ3n) is 4.46. The molecule has 3 rings (SSSR count). The molecule has 0 aromatic heterocycles. The maximum atomic E-state index is 13.1. The Morgan fingerprint density at radius 2 is 1.93 bits per heavy atom. The molecule has 0 bridgehead atoms. The van der Waals surface area contributed by atoms with Gasteiger partial charge in [-0.25, -0.2) is 4.39 Å². The third-order valence-corrected chi connectivity index (χ3v) is 4.46. The van der Waals surface area contributed by atoms with Crippen LogP contribution in [-0.4, -0.2) is 62.3 Å². The Balaban J connectivity index is 1.44. The van der Waals surface area contributed by atoms with Crippen molar-refractivity contribution in [2.24, 2.45) is 4.99 Å². The predicted octanol–water partition coefficient (Wildman–Crippen LogP) is 2.31. The molecule has 1 fully saturated rings. The average molecular weight is 372 g/mol. The molecule has 1 aliphatic rings. The number of hydrogen-bond acceptors (Lipinski definition) is 4. The van der Waals surface area contributed by atoms with Gasteiger partial charge in [0.25, 0.3) is 0 Å². The molecule has 7 heteroatoms. The highest BCUT2D eigenvalue weighted by Gasteiger charge is 2.21. The fourth-order valence-corrected chi connectivity index (χ4v) is 3.11. The molecule has 0 radical (unpaired) electrons. The van der Waals surface area contributed by atoms with Crippen LogP contribution in [0.4, 0.5) is 10.1 Å². The van der Waals surface area contributed by atoms with E-state index in [1.807, 2.05) is 18.2 Å². The van der Waals surface area contributed by atoms with Crippen molar-refractivity contribution < 1.29 is 14.2 Å². The van der Waals surface area contributed by atoms with Crippen LogP contribution in [0.5, 0.6) is 11.5 Å². The van der Waals surface area contributed by atoms with E-state index < -0.39 is 0 Å². The summed E-state index contributed by atoms with van der Waals surface area (Å²) in [5.74, 6) is 1.33. The molecule has 2 aromatic carbocycles. The molecule has 0 spiro atoms. The minimum absolute atomic E-state index is 0.307. The molecule has 0 amide bonds. The number of ether oxygens (including phenoxy) is 1. The maximum absolute atomic E-state index is 13.1. The van der Waals surface area contributed by atoms with Crippen LogP contribution in [0.1, 0.15) is 0 Å². The second kappa shape index (κ2) is 9.12. The van der Waals surface area contributed by atoms with Gasteiger partial charge in [0.15, 0.2) is 5.96 Å². The molecule has 2 N–H and O–H groups in total. The van der Waals surface area contributed by atoms with Gasteiger partial charge in [0.2, 0.25) is 0 Å². The van der Waals surface area contributed by atoms with Crippen molar-refractivity contribution in [2.75, 3.05) is 51.3 Å². The number of para-hydroxylation sites is 2. The number of rotatable bonds is 5. The van der Waals surface area contributed by atoms with Gasteiger partial charge in [-0.1, -0.05) is 18.2 Å². The van der Waals surface area contributed by atoms with Crippen molar-refractivity contribution in [1.82, 2.24) is 10.2 Å². The van der Waals surface area contributed by atoms with E-state index in [1.165, 1.54) is 12.1 Å². The molecule has 1 aliphatic heterocycles. The van der Waals surface area contributed by atoms with Crippen molar-refractivity contribution in [3.05, 3.63) is 54.3 Å². The molecule has 144 valence electrons. The Bertz CT molecular complexity index is 776. The van der Waals surface area contributed by atoms with Crippen LogP contribution in [0.15, 0.2) is 53.5 Å². The monoisotopic (exact) mass is 372 g/mol. The van der Waals surface area contributed by atoms with Gasteiger partial charge in [-0.15, -0.1) is 0 Å². The summed E-state index contributed by atoms with van der Waals surface area (Å²) in [6.07, 6.45) is 0. The van der Waals surface area contributed by atoms with E-state index in [-0.39, 0.29) is 5.82 Å². The number of nitrogens with one attached hydrogen (secondary N) is 1. The Kier molecular flexibility index (Phi) is 6.35. The van der Waals surface area contributed by atoms with Crippen LogP contribution in [0.2, 0.25) is 0 Å². The average Bonchev–Trinajstić information content (AvgIpc) is 2.69. The third kappa shape index (κ3) is 5.03. The van der Waals surface area contributed by atoms with Gasteiger partial charge < -0.3 is 25.0 Å². The number of hydrogen-bond donors (Lipinski definition) is 2. The lowest BCUT2D eigenvalue weighted by Gasteiger charge is -2.37. The molecule has 0 aliphatic carbocycles. The maximum Gasteiger partial charge on any atom is 0.193 e. The highest BCUT2D eigenvalue weighted by atomic mass is 19.1. The zero-order chi connectivity index (χ0) is 19.1. The lowest BCUT2D eigenvalue weighted by molar-refractivity contribution is 0.313. The first kappa shape index (κ1) is 18.8. The number of guanidine groups is 1. The van der Waals surface area contributed by atoms with Crippen LogP contribution in [-0.2, 0) is 0 Å². The lowest BCUT2D eigenvalue weighted by Crippen LogP contribution is -2.53. The minimum Gasteiger partial charge on any atom is -0.506 e. The Labute approximate surface area is 158 Å². The Morgan fingerprint density at radius 3 is 2.63 bits per heavy atom. The normalized spacial score (nSPS) is 15.0. The molecule has 1 saturated heterocycles. The van der Waals surface area contributed by atoms with Crippen LogP contribution in [0, 0.1) is 5.82 Å². The van der Waals surface area contributed by atoms with Gasteiger partial charge in [0.05, 0.1) is 12.2 Å². The summed E-state index contributed by atoms with van der Waals surface area (Å²) in [4.78, 5) is 8.69. The number of aromatic hydroxyl groups is 1. The van der Waals surface area contributed by atoms with E-state index in [0.29, 0.717) is 24.7 Å². The van der Waals surface area contributed by atoms with E-state index in [1.54, 1.807) is 25.2 Å². The summed E-state index contributed by atoms with van der Waals surface area (Å²) in [6, 6.07) is 13.5. The zero-order valence-electron chi connectivity index (χ0n) is 15.4. The Morgan fingerprint density at radius 1 is 1.15 bits per heavy atom. The molecular weight excluding hydrogens is 347 g/mol. The molecule has 6 nitrogen and oxygen atoms in total. The van der Waals surface area contributed by atoms with Gasteiger partial charge >= 0.3 is 0 Å². The smallest absolute Gasteiger partial charge is 0.193 e. The van der Waals surface area contributed by atoms with Gasteiger partial charge in [-0.05, 0) is 24.3 Å². The number of anilines is 1. The fourth-order valence-electron chi connectivity index (χ4n) is 3.11. The summed E-state index contributed by atoms with van der Waals surface area (Å²) in [6.45, 7) is 4.21. The summed E-state index contributed by atoms with van der Waals surface area (Å²) < 4.78 is 18.7. The number of aliphatic imine (C=N–C) groups is 1. The van der Waals surface area contributed by atoms with Crippen LogP contribution >= 0.6 is 0 Å². The molecule has 0 unspecified atom stereocenters. The second-order valence-corrected chi connectivity index (χ2v) is 6.24. The van der Waals surface area contributed by atoms with Crippen LogP contribution in [0.3, 0.4) is 0 Å². The molecule has 2 aromatic rings. The zero-order valence-corrected chi connectivity index (χ0v) is 15.4. The van der Waals surface area contributed by atoms with Crippen LogP contribution in [0.25, 0.3) is 0 Å². The first-order chi connectivity index (χ1) is 13.2. The van der Waals surface area contributed by atoms with E-state index in [2.05, 4.69) is 20.1 Å². The van der Waals surface area contributed by atoms with Crippen molar-refractivity contribution in [2.45, 2.75) is 0 Å². The fraction of sp³-hybridized carbons (Fsp3) is 0.350. The molecule has 1 heterocycles. The molecule has 0 atom stereocenters. The predicted molar refractivity (Wildman–Crippen MR) is 105 cm³/mol. The van der Waals surface area contributed by atoms with Gasteiger partial charge in [0, 0.05) is 39.3 Å². The van der Waals surface area contributed by atoms with Crippen molar-refractivity contribution in [3.8, 4) is 11.5 Å². The highest BCUT2D eigenvalue weighted by molar-refractivity contribution is 5.80. The SMILES string of the molecule is CN=C(NCCOc1cccc(F)c1)N1CCN(c2ccccc2O)CC1. The topological polar surface area (TPSA) is 60.3 Å². The highest BCUT2D eigenvalue weighted by Crippen LogP contribution is 2.27. The first-order valence-electron chi connectivity index (χ1n) is 9.04.